The summed E-state index contributed by atoms with van der Waals surface area (Å²) in [4.78, 5) is 11.8. The first kappa shape index (κ1) is 15.1. The fourth-order valence-electron chi connectivity index (χ4n) is 2.50. The molecule has 0 radical (unpaired) electrons. The van der Waals surface area contributed by atoms with Gasteiger partial charge in [-0.25, -0.2) is 0 Å². The SMILES string of the molecule is CCC(C)C(NCc1ccc(C2CC2C)o1)C(=O)OC. The van der Waals surface area contributed by atoms with Crippen LogP contribution < -0.4 is 5.32 Å². The minimum absolute atomic E-state index is 0.207. The third kappa shape index (κ3) is 3.42. The van der Waals surface area contributed by atoms with Crippen molar-refractivity contribution < 1.29 is 13.9 Å². The monoisotopic (exact) mass is 279 g/mol. The molecule has 0 saturated heterocycles. The number of esters is 1. The van der Waals surface area contributed by atoms with Crippen molar-refractivity contribution in [2.75, 3.05) is 7.11 Å². The van der Waals surface area contributed by atoms with Gasteiger partial charge in [0, 0.05) is 5.92 Å². The molecule has 1 aromatic heterocycles. The van der Waals surface area contributed by atoms with Gasteiger partial charge in [-0.3, -0.25) is 10.1 Å². The normalized spacial score (nSPS) is 24.2. The van der Waals surface area contributed by atoms with Gasteiger partial charge in [0.05, 0.1) is 13.7 Å². The van der Waals surface area contributed by atoms with Crippen LogP contribution in [0.4, 0.5) is 0 Å². The highest BCUT2D eigenvalue weighted by atomic mass is 16.5. The second-order valence-corrected chi connectivity index (χ2v) is 5.89. The van der Waals surface area contributed by atoms with Crippen molar-refractivity contribution in [2.45, 2.75) is 52.1 Å². The van der Waals surface area contributed by atoms with Crippen LogP contribution in [-0.4, -0.2) is 19.1 Å². The molecule has 0 spiro atoms. The van der Waals surface area contributed by atoms with Crippen molar-refractivity contribution >= 4 is 5.97 Å². The van der Waals surface area contributed by atoms with Crippen molar-refractivity contribution in [3.8, 4) is 0 Å². The number of methoxy groups -OCH3 is 1. The Balaban J connectivity index is 1.91. The quantitative estimate of drug-likeness (QED) is 0.779. The van der Waals surface area contributed by atoms with Gasteiger partial charge in [0.15, 0.2) is 0 Å². The average Bonchev–Trinajstić information content (AvgIpc) is 3.00. The Morgan fingerprint density at radius 1 is 1.55 bits per heavy atom. The Bertz CT molecular complexity index is 454. The van der Waals surface area contributed by atoms with Crippen LogP contribution in [-0.2, 0) is 16.1 Å². The highest BCUT2D eigenvalue weighted by molar-refractivity contribution is 5.75. The zero-order valence-corrected chi connectivity index (χ0v) is 12.8. The maximum atomic E-state index is 11.8. The lowest BCUT2D eigenvalue weighted by Crippen LogP contribution is -2.42. The van der Waals surface area contributed by atoms with Crippen LogP contribution in [0.3, 0.4) is 0 Å². The van der Waals surface area contributed by atoms with Crippen molar-refractivity contribution in [1.82, 2.24) is 5.32 Å². The summed E-state index contributed by atoms with van der Waals surface area (Å²) in [7, 11) is 1.43. The minimum atomic E-state index is -0.279. The van der Waals surface area contributed by atoms with Gasteiger partial charge < -0.3 is 9.15 Å². The summed E-state index contributed by atoms with van der Waals surface area (Å²) < 4.78 is 10.7. The van der Waals surface area contributed by atoms with E-state index in [1.54, 1.807) is 0 Å². The molecule has 0 aromatic carbocycles. The molecule has 1 heterocycles. The van der Waals surface area contributed by atoms with E-state index in [0.717, 1.165) is 23.9 Å². The molecule has 4 heteroatoms. The first-order chi connectivity index (χ1) is 9.56. The van der Waals surface area contributed by atoms with E-state index in [4.69, 9.17) is 9.15 Å². The second kappa shape index (κ2) is 6.44. The van der Waals surface area contributed by atoms with Crippen LogP contribution >= 0.6 is 0 Å². The van der Waals surface area contributed by atoms with Crippen LogP contribution in [0, 0.1) is 11.8 Å². The maximum Gasteiger partial charge on any atom is 0.323 e. The third-order valence-electron chi connectivity index (χ3n) is 4.32. The predicted molar refractivity (Wildman–Crippen MR) is 77.3 cm³/mol. The van der Waals surface area contributed by atoms with Gasteiger partial charge in [-0.1, -0.05) is 27.2 Å². The number of carbonyl (C=O) groups is 1. The fraction of sp³-hybridized carbons (Fsp3) is 0.688. The molecular weight excluding hydrogens is 254 g/mol. The summed E-state index contributed by atoms with van der Waals surface area (Å²) >= 11 is 0. The molecule has 0 amide bonds. The van der Waals surface area contributed by atoms with Gasteiger partial charge in [-0.05, 0) is 30.4 Å². The summed E-state index contributed by atoms with van der Waals surface area (Å²) in [5.41, 5.74) is 0. The smallest absolute Gasteiger partial charge is 0.323 e. The summed E-state index contributed by atoms with van der Waals surface area (Å²) in [5, 5.41) is 3.25. The molecule has 4 unspecified atom stereocenters. The van der Waals surface area contributed by atoms with Crippen molar-refractivity contribution in [2.24, 2.45) is 11.8 Å². The van der Waals surface area contributed by atoms with Crippen molar-refractivity contribution in [1.29, 1.82) is 0 Å². The van der Waals surface area contributed by atoms with Crippen LogP contribution in [0.5, 0.6) is 0 Å². The zero-order valence-electron chi connectivity index (χ0n) is 12.8. The van der Waals surface area contributed by atoms with Crippen LogP contribution in [0.1, 0.15) is 51.1 Å². The topological polar surface area (TPSA) is 51.5 Å². The number of hydrogen-bond acceptors (Lipinski definition) is 4. The number of nitrogens with one attached hydrogen (secondary N) is 1. The molecule has 0 aliphatic heterocycles. The number of furan rings is 1. The molecule has 1 fully saturated rings. The maximum absolute atomic E-state index is 11.8. The molecule has 20 heavy (non-hydrogen) atoms. The Morgan fingerprint density at radius 3 is 2.80 bits per heavy atom. The van der Waals surface area contributed by atoms with Crippen molar-refractivity contribution in [3.05, 3.63) is 23.7 Å². The van der Waals surface area contributed by atoms with Crippen LogP contribution in [0.15, 0.2) is 16.5 Å². The van der Waals surface area contributed by atoms with E-state index in [9.17, 15) is 4.79 Å². The predicted octanol–water partition coefficient (Wildman–Crippen LogP) is 3.08. The fourth-order valence-corrected chi connectivity index (χ4v) is 2.50. The van der Waals surface area contributed by atoms with E-state index < -0.39 is 0 Å². The van der Waals surface area contributed by atoms with E-state index in [-0.39, 0.29) is 17.9 Å². The molecule has 112 valence electrons. The first-order valence-corrected chi connectivity index (χ1v) is 7.46. The largest absolute Gasteiger partial charge is 0.468 e. The Labute approximate surface area is 120 Å². The van der Waals surface area contributed by atoms with Gasteiger partial charge in [0.2, 0.25) is 0 Å². The molecule has 0 bridgehead atoms. The summed E-state index contributed by atoms with van der Waals surface area (Å²) in [6.07, 6.45) is 2.15. The summed E-state index contributed by atoms with van der Waals surface area (Å²) in [6.45, 7) is 6.92. The Morgan fingerprint density at radius 2 is 2.25 bits per heavy atom. The minimum Gasteiger partial charge on any atom is -0.468 e. The average molecular weight is 279 g/mol. The number of ether oxygens (including phenoxy) is 1. The van der Waals surface area contributed by atoms with Gasteiger partial charge in [0.1, 0.15) is 17.6 Å². The van der Waals surface area contributed by atoms with Gasteiger partial charge in [0.25, 0.3) is 0 Å². The van der Waals surface area contributed by atoms with E-state index in [1.807, 2.05) is 13.0 Å². The highest BCUT2D eigenvalue weighted by Crippen LogP contribution is 2.47. The summed E-state index contributed by atoms with van der Waals surface area (Å²) in [6, 6.07) is 3.78. The molecule has 2 rings (SSSR count). The van der Waals surface area contributed by atoms with Gasteiger partial charge in [-0.2, -0.15) is 0 Å². The highest BCUT2D eigenvalue weighted by Gasteiger charge is 2.36. The molecule has 1 N–H and O–H groups in total. The molecule has 1 aliphatic carbocycles. The van der Waals surface area contributed by atoms with Gasteiger partial charge >= 0.3 is 5.97 Å². The number of carbonyl (C=O) groups excluding carboxylic acids is 1. The number of hydrogen-bond donors (Lipinski definition) is 1. The molecule has 1 saturated carbocycles. The molecular formula is C16H25NO3. The Hall–Kier alpha value is -1.29. The standard InChI is InChI=1S/C16H25NO3/c1-5-10(2)15(16(18)19-4)17-9-12-6-7-14(20-12)13-8-11(13)3/h6-7,10-11,13,15,17H,5,8-9H2,1-4H3. The van der Waals surface area contributed by atoms with Crippen molar-refractivity contribution in [3.63, 3.8) is 0 Å². The molecule has 4 nitrogen and oxygen atoms in total. The first-order valence-electron chi connectivity index (χ1n) is 7.46. The molecule has 1 aromatic rings. The Kier molecular flexibility index (Phi) is 4.86. The van der Waals surface area contributed by atoms with Crippen LogP contribution in [0.2, 0.25) is 0 Å². The molecule has 1 aliphatic rings. The number of rotatable bonds is 7. The lowest BCUT2D eigenvalue weighted by atomic mass is 9.99. The van der Waals surface area contributed by atoms with Crippen LogP contribution in [0.25, 0.3) is 0 Å². The lowest BCUT2D eigenvalue weighted by molar-refractivity contribution is -0.144. The molecule has 4 atom stereocenters. The zero-order chi connectivity index (χ0) is 14.7. The van der Waals surface area contributed by atoms with E-state index >= 15 is 0 Å². The van der Waals surface area contributed by atoms with E-state index in [0.29, 0.717) is 12.5 Å². The lowest BCUT2D eigenvalue weighted by Gasteiger charge is -2.21. The van der Waals surface area contributed by atoms with Gasteiger partial charge in [-0.15, -0.1) is 0 Å². The van der Waals surface area contributed by atoms with E-state index in [2.05, 4.69) is 25.2 Å². The second-order valence-electron chi connectivity index (χ2n) is 5.89. The van der Waals surface area contributed by atoms with E-state index in [1.165, 1.54) is 13.5 Å². The third-order valence-corrected chi connectivity index (χ3v) is 4.32. The summed E-state index contributed by atoms with van der Waals surface area (Å²) in [5.74, 6) is 3.32.